The van der Waals surface area contributed by atoms with Crippen molar-refractivity contribution in [2.75, 3.05) is 17.2 Å². The first-order valence-corrected chi connectivity index (χ1v) is 5.43. The minimum Gasteiger partial charge on any atom is -0.399 e. The maximum atomic E-state index is 5.62. The van der Waals surface area contributed by atoms with Gasteiger partial charge in [0, 0.05) is 17.1 Å². The highest BCUT2D eigenvalue weighted by atomic mass is 14.6. The Morgan fingerprint density at radius 3 is 1.71 bits per heavy atom. The van der Waals surface area contributed by atoms with Crippen molar-refractivity contribution < 1.29 is 0 Å². The van der Waals surface area contributed by atoms with Crippen LogP contribution in [0.4, 0.5) is 17.1 Å². The molecule has 0 unspecified atom stereocenters. The number of rotatable bonds is 0. The molecule has 3 nitrogen and oxygen atoms in total. The third kappa shape index (κ3) is 4.47. The third-order valence-electron chi connectivity index (χ3n) is 2.35. The predicted molar refractivity (Wildman–Crippen MR) is 75.6 cm³/mol. The van der Waals surface area contributed by atoms with Gasteiger partial charge in [0.15, 0.2) is 0 Å². The van der Waals surface area contributed by atoms with Crippen LogP contribution in [0.2, 0.25) is 0 Å². The zero-order valence-corrected chi connectivity index (χ0v) is 10.3. The summed E-state index contributed by atoms with van der Waals surface area (Å²) in [6, 6.07) is 13.2. The quantitative estimate of drug-likeness (QED) is 0.608. The molecule has 0 bridgehead atoms. The molecule has 0 aromatic heterocycles. The SMILES string of the molecule is Cc1ccc(C)c(N)c1.Nc1cccc(N)c1. The number of nitrogen functional groups attached to an aromatic ring is 3. The highest BCUT2D eigenvalue weighted by Crippen LogP contribution is 2.11. The van der Waals surface area contributed by atoms with Gasteiger partial charge in [0.1, 0.15) is 0 Å². The van der Waals surface area contributed by atoms with Gasteiger partial charge in [-0.05, 0) is 49.2 Å². The maximum absolute atomic E-state index is 5.62. The smallest absolute Gasteiger partial charge is 0.0346 e. The van der Waals surface area contributed by atoms with Gasteiger partial charge < -0.3 is 17.2 Å². The van der Waals surface area contributed by atoms with Crippen molar-refractivity contribution in [1.82, 2.24) is 0 Å². The lowest BCUT2D eigenvalue weighted by atomic mass is 10.1. The molecular formula is C14H19N3. The molecule has 2 aromatic carbocycles. The number of nitrogens with two attached hydrogens (primary N) is 3. The van der Waals surface area contributed by atoms with E-state index in [4.69, 9.17) is 17.2 Å². The van der Waals surface area contributed by atoms with Crippen molar-refractivity contribution >= 4 is 17.1 Å². The van der Waals surface area contributed by atoms with E-state index >= 15 is 0 Å². The molecule has 0 spiro atoms. The van der Waals surface area contributed by atoms with Gasteiger partial charge in [-0.15, -0.1) is 0 Å². The van der Waals surface area contributed by atoms with E-state index in [1.54, 1.807) is 18.2 Å². The molecule has 0 saturated carbocycles. The van der Waals surface area contributed by atoms with Gasteiger partial charge in [-0.1, -0.05) is 18.2 Å². The van der Waals surface area contributed by atoms with E-state index in [0.29, 0.717) is 11.4 Å². The molecule has 0 saturated heterocycles. The number of benzene rings is 2. The second-order valence-corrected chi connectivity index (χ2v) is 4.03. The van der Waals surface area contributed by atoms with Gasteiger partial charge in [-0.2, -0.15) is 0 Å². The summed E-state index contributed by atoms with van der Waals surface area (Å²) in [5, 5.41) is 0. The molecular weight excluding hydrogens is 210 g/mol. The molecule has 0 aliphatic heterocycles. The molecule has 0 heterocycles. The van der Waals surface area contributed by atoms with Crippen LogP contribution >= 0.6 is 0 Å². The first kappa shape index (κ1) is 12.9. The molecule has 0 radical (unpaired) electrons. The Kier molecular flexibility index (Phi) is 4.40. The van der Waals surface area contributed by atoms with Gasteiger partial charge in [0.25, 0.3) is 0 Å². The summed E-state index contributed by atoms with van der Waals surface area (Å²) in [5.41, 5.74) is 21.1. The first-order valence-electron chi connectivity index (χ1n) is 5.43. The molecule has 0 atom stereocenters. The van der Waals surface area contributed by atoms with Crippen molar-refractivity contribution in [3.63, 3.8) is 0 Å². The minimum atomic E-state index is 0.713. The van der Waals surface area contributed by atoms with Crippen LogP contribution in [0.15, 0.2) is 42.5 Å². The molecule has 3 heteroatoms. The second-order valence-electron chi connectivity index (χ2n) is 4.03. The van der Waals surface area contributed by atoms with Gasteiger partial charge in [0.05, 0.1) is 0 Å². The van der Waals surface area contributed by atoms with Crippen molar-refractivity contribution in [2.24, 2.45) is 0 Å². The van der Waals surface area contributed by atoms with E-state index in [2.05, 4.69) is 6.07 Å². The standard InChI is InChI=1S/C8H11N.C6H8N2/c1-6-3-4-7(2)8(9)5-6;7-5-2-1-3-6(8)4-5/h3-5H,9H2,1-2H3;1-4H,7-8H2. The van der Waals surface area contributed by atoms with Crippen LogP contribution in [0.3, 0.4) is 0 Å². The largest absolute Gasteiger partial charge is 0.399 e. The van der Waals surface area contributed by atoms with Gasteiger partial charge >= 0.3 is 0 Å². The van der Waals surface area contributed by atoms with Crippen LogP contribution in [-0.2, 0) is 0 Å². The summed E-state index contributed by atoms with van der Waals surface area (Å²) >= 11 is 0. The van der Waals surface area contributed by atoms with Crippen LogP contribution in [0.25, 0.3) is 0 Å². The van der Waals surface area contributed by atoms with Crippen LogP contribution in [0.5, 0.6) is 0 Å². The first-order chi connectivity index (χ1) is 7.99. The van der Waals surface area contributed by atoms with E-state index in [9.17, 15) is 0 Å². The fourth-order valence-corrected chi connectivity index (χ4v) is 1.32. The predicted octanol–water partition coefficient (Wildman–Crippen LogP) is 2.74. The van der Waals surface area contributed by atoms with Crippen LogP contribution < -0.4 is 17.2 Å². The average molecular weight is 229 g/mol. The molecule has 2 rings (SSSR count). The lowest BCUT2D eigenvalue weighted by Crippen LogP contribution is -1.88. The Morgan fingerprint density at radius 1 is 0.765 bits per heavy atom. The normalized spacial score (nSPS) is 9.29. The Bertz CT molecular complexity index is 475. The van der Waals surface area contributed by atoms with E-state index in [-0.39, 0.29) is 0 Å². The summed E-state index contributed by atoms with van der Waals surface area (Å²) in [5.74, 6) is 0. The van der Waals surface area contributed by atoms with Crippen LogP contribution in [0, 0.1) is 13.8 Å². The summed E-state index contributed by atoms with van der Waals surface area (Å²) in [7, 11) is 0. The molecule has 0 aliphatic carbocycles. The lowest BCUT2D eigenvalue weighted by Gasteiger charge is -1.98. The molecule has 17 heavy (non-hydrogen) atoms. The van der Waals surface area contributed by atoms with Gasteiger partial charge in [0.2, 0.25) is 0 Å². The monoisotopic (exact) mass is 229 g/mol. The van der Waals surface area contributed by atoms with Gasteiger partial charge in [-0.3, -0.25) is 0 Å². The van der Waals surface area contributed by atoms with Crippen molar-refractivity contribution in [1.29, 1.82) is 0 Å². The Balaban J connectivity index is 0.000000171. The Labute approximate surface area is 102 Å². The van der Waals surface area contributed by atoms with E-state index in [1.165, 1.54) is 5.56 Å². The van der Waals surface area contributed by atoms with Gasteiger partial charge in [-0.25, -0.2) is 0 Å². The van der Waals surface area contributed by atoms with Crippen molar-refractivity contribution in [3.8, 4) is 0 Å². The fraction of sp³-hybridized carbons (Fsp3) is 0.143. The molecule has 0 fully saturated rings. The molecule has 2 aromatic rings. The fourth-order valence-electron chi connectivity index (χ4n) is 1.32. The van der Waals surface area contributed by atoms with E-state index in [0.717, 1.165) is 11.3 Å². The summed E-state index contributed by atoms with van der Waals surface area (Å²) in [6.45, 7) is 4.05. The maximum Gasteiger partial charge on any atom is 0.0346 e. The second kappa shape index (κ2) is 5.80. The summed E-state index contributed by atoms with van der Waals surface area (Å²) in [4.78, 5) is 0. The molecule has 90 valence electrons. The van der Waals surface area contributed by atoms with Crippen LogP contribution in [0.1, 0.15) is 11.1 Å². The zero-order valence-electron chi connectivity index (χ0n) is 10.3. The highest BCUT2D eigenvalue weighted by molar-refractivity contribution is 5.50. The average Bonchev–Trinajstić information content (AvgIpc) is 2.24. The van der Waals surface area contributed by atoms with Crippen molar-refractivity contribution in [3.05, 3.63) is 53.6 Å². The number of hydrogen-bond acceptors (Lipinski definition) is 3. The zero-order chi connectivity index (χ0) is 12.8. The molecule has 6 N–H and O–H groups in total. The lowest BCUT2D eigenvalue weighted by molar-refractivity contribution is 1.40. The van der Waals surface area contributed by atoms with E-state index in [1.807, 2.05) is 32.0 Å². The summed E-state index contributed by atoms with van der Waals surface area (Å²) < 4.78 is 0. The third-order valence-corrected chi connectivity index (χ3v) is 2.35. The Hall–Kier alpha value is -2.16. The topological polar surface area (TPSA) is 78.1 Å². The van der Waals surface area contributed by atoms with E-state index < -0.39 is 0 Å². The van der Waals surface area contributed by atoms with Crippen molar-refractivity contribution in [2.45, 2.75) is 13.8 Å². The molecule has 0 amide bonds. The number of hydrogen-bond donors (Lipinski definition) is 3. The van der Waals surface area contributed by atoms with Crippen LogP contribution in [-0.4, -0.2) is 0 Å². The highest BCUT2D eigenvalue weighted by Gasteiger charge is 1.89. The minimum absolute atomic E-state index is 0.713. The molecule has 0 aliphatic rings. The number of aryl methyl sites for hydroxylation is 2. The summed E-state index contributed by atoms with van der Waals surface area (Å²) in [6.07, 6.45) is 0. The Morgan fingerprint density at radius 2 is 1.35 bits per heavy atom. The number of anilines is 3.